The van der Waals surface area contributed by atoms with Gasteiger partial charge in [0.1, 0.15) is 11.5 Å². The molecule has 94 valence electrons. The van der Waals surface area contributed by atoms with Crippen molar-refractivity contribution < 1.29 is 18.4 Å². The summed E-state index contributed by atoms with van der Waals surface area (Å²) in [5, 5.41) is 6.50. The summed E-state index contributed by atoms with van der Waals surface area (Å²) in [7, 11) is 2.87. The maximum absolute atomic E-state index is 12.9. The highest BCUT2D eigenvalue weighted by Gasteiger charge is 2.24. The Balaban J connectivity index is 2.54. The van der Waals surface area contributed by atoms with Crippen LogP contribution >= 0.6 is 0 Å². The Morgan fingerprint density at radius 1 is 1.39 bits per heavy atom. The Morgan fingerprint density at radius 3 is 2.61 bits per heavy atom. The minimum Gasteiger partial charge on any atom is -0.465 e. The summed E-state index contributed by atoms with van der Waals surface area (Å²) in [5.74, 6) is -0.725. The molecule has 0 saturated carbocycles. The van der Waals surface area contributed by atoms with Gasteiger partial charge in [0.05, 0.1) is 7.11 Å². The molecular formula is C12H11FN2O3. The molecule has 1 aromatic carbocycles. The maximum Gasteiger partial charge on any atom is 0.345 e. The van der Waals surface area contributed by atoms with E-state index in [0.717, 1.165) is 0 Å². The number of nitrogens with one attached hydrogen (secondary N) is 1. The van der Waals surface area contributed by atoms with Gasteiger partial charge in [-0.3, -0.25) is 0 Å². The van der Waals surface area contributed by atoms with Gasteiger partial charge in [0.25, 0.3) is 0 Å². The molecule has 0 aliphatic rings. The Labute approximate surface area is 103 Å². The lowest BCUT2D eigenvalue weighted by molar-refractivity contribution is 0.0602. The van der Waals surface area contributed by atoms with Gasteiger partial charge in [0.15, 0.2) is 5.56 Å². The Bertz CT molecular complexity index is 563. The van der Waals surface area contributed by atoms with Crippen molar-refractivity contribution in [3.63, 3.8) is 0 Å². The summed E-state index contributed by atoms with van der Waals surface area (Å²) in [6.07, 6.45) is 0. The van der Waals surface area contributed by atoms with Gasteiger partial charge in [-0.25, -0.2) is 9.18 Å². The van der Waals surface area contributed by atoms with Crippen LogP contribution in [0.25, 0.3) is 11.3 Å². The summed E-state index contributed by atoms with van der Waals surface area (Å²) in [6, 6.07) is 5.59. The molecule has 2 aromatic rings. The van der Waals surface area contributed by atoms with Crippen LogP contribution in [0.2, 0.25) is 0 Å². The number of hydrogen-bond acceptors (Lipinski definition) is 5. The van der Waals surface area contributed by atoms with Crippen molar-refractivity contribution in [2.45, 2.75) is 0 Å². The topological polar surface area (TPSA) is 64.4 Å². The number of aromatic nitrogens is 1. The smallest absolute Gasteiger partial charge is 0.345 e. The van der Waals surface area contributed by atoms with Crippen molar-refractivity contribution >= 4 is 11.9 Å². The van der Waals surface area contributed by atoms with Crippen LogP contribution in [0.4, 0.5) is 10.3 Å². The van der Waals surface area contributed by atoms with E-state index >= 15 is 0 Å². The summed E-state index contributed by atoms with van der Waals surface area (Å²) in [6.45, 7) is 0. The first-order valence-electron chi connectivity index (χ1n) is 5.19. The lowest BCUT2D eigenvalue weighted by Gasteiger charge is -2.01. The van der Waals surface area contributed by atoms with Crippen LogP contribution in [-0.4, -0.2) is 25.3 Å². The lowest BCUT2D eigenvalue weighted by atomic mass is 10.1. The van der Waals surface area contributed by atoms with Crippen molar-refractivity contribution in [1.29, 1.82) is 0 Å². The van der Waals surface area contributed by atoms with Crippen molar-refractivity contribution in [2.24, 2.45) is 0 Å². The third-order valence-electron chi connectivity index (χ3n) is 2.43. The van der Waals surface area contributed by atoms with Gasteiger partial charge in [-0.05, 0) is 24.3 Å². The highest BCUT2D eigenvalue weighted by atomic mass is 19.1. The van der Waals surface area contributed by atoms with Gasteiger partial charge in [-0.2, -0.15) is 0 Å². The average molecular weight is 250 g/mol. The second kappa shape index (κ2) is 4.87. The quantitative estimate of drug-likeness (QED) is 0.847. The zero-order chi connectivity index (χ0) is 13.1. The van der Waals surface area contributed by atoms with E-state index in [1.165, 1.54) is 31.4 Å². The zero-order valence-corrected chi connectivity index (χ0v) is 9.86. The van der Waals surface area contributed by atoms with Gasteiger partial charge < -0.3 is 14.6 Å². The molecule has 1 aromatic heterocycles. The van der Waals surface area contributed by atoms with Crippen molar-refractivity contribution in [3.05, 3.63) is 35.6 Å². The van der Waals surface area contributed by atoms with Gasteiger partial charge in [-0.15, -0.1) is 0 Å². The monoisotopic (exact) mass is 250 g/mol. The second-order valence-corrected chi connectivity index (χ2v) is 3.48. The van der Waals surface area contributed by atoms with Crippen LogP contribution in [0.15, 0.2) is 28.8 Å². The standard InChI is InChI=1S/C12H11FN2O3/c1-14-11-9(12(16)17-2)10(15-18-11)7-3-5-8(13)6-4-7/h3-6,14H,1-2H3. The molecule has 0 spiro atoms. The number of benzene rings is 1. The summed E-state index contributed by atoms with van der Waals surface area (Å²) >= 11 is 0. The number of carbonyl (C=O) groups excluding carboxylic acids is 1. The molecule has 0 bridgehead atoms. The number of hydrogen-bond donors (Lipinski definition) is 1. The van der Waals surface area contributed by atoms with Gasteiger partial charge >= 0.3 is 5.97 Å². The average Bonchev–Trinajstić information content (AvgIpc) is 2.82. The molecule has 1 heterocycles. The predicted molar refractivity (Wildman–Crippen MR) is 62.8 cm³/mol. The Morgan fingerprint density at radius 2 is 2.06 bits per heavy atom. The summed E-state index contributed by atoms with van der Waals surface area (Å²) < 4.78 is 22.5. The molecule has 0 radical (unpaired) electrons. The second-order valence-electron chi connectivity index (χ2n) is 3.48. The molecule has 6 heteroatoms. The first-order valence-corrected chi connectivity index (χ1v) is 5.19. The van der Waals surface area contributed by atoms with Crippen molar-refractivity contribution in [2.75, 3.05) is 19.5 Å². The molecule has 0 saturated heterocycles. The SMILES string of the molecule is CNc1onc(-c2ccc(F)cc2)c1C(=O)OC. The van der Waals surface area contributed by atoms with Gasteiger partial charge in [0, 0.05) is 12.6 Å². The van der Waals surface area contributed by atoms with E-state index < -0.39 is 5.97 Å². The van der Waals surface area contributed by atoms with Crippen molar-refractivity contribution in [3.8, 4) is 11.3 Å². The first kappa shape index (κ1) is 12.1. The molecule has 0 atom stereocenters. The molecule has 5 nitrogen and oxygen atoms in total. The van der Waals surface area contributed by atoms with Crippen LogP contribution in [0.3, 0.4) is 0 Å². The highest BCUT2D eigenvalue weighted by molar-refractivity contribution is 6.00. The van der Waals surface area contributed by atoms with E-state index in [1.807, 2.05) is 0 Å². The number of carbonyl (C=O) groups is 1. The number of esters is 1. The minimum atomic E-state index is -0.570. The number of anilines is 1. The normalized spacial score (nSPS) is 10.2. The molecule has 0 aliphatic carbocycles. The Kier molecular flexibility index (Phi) is 3.27. The molecule has 2 rings (SSSR count). The van der Waals surface area contributed by atoms with Crippen LogP contribution < -0.4 is 5.32 Å². The fraction of sp³-hybridized carbons (Fsp3) is 0.167. The van der Waals surface area contributed by atoms with Crippen LogP contribution in [0.1, 0.15) is 10.4 Å². The fourth-order valence-electron chi connectivity index (χ4n) is 1.56. The highest BCUT2D eigenvalue weighted by Crippen LogP contribution is 2.29. The summed E-state index contributed by atoms with van der Waals surface area (Å²) in [5.41, 5.74) is 1.07. The van der Waals surface area contributed by atoms with Crippen LogP contribution in [0.5, 0.6) is 0 Å². The largest absolute Gasteiger partial charge is 0.465 e. The summed E-state index contributed by atoms with van der Waals surface area (Å²) in [4.78, 5) is 11.7. The molecular weight excluding hydrogens is 239 g/mol. The molecule has 0 aliphatic heterocycles. The minimum absolute atomic E-state index is 0.187. The van der Waals surface area contributed by atoms with Crippen LogP contribution in [-0.2, 0) is 4.74 Å². The number of halogens is 1. The van der Waals surface area contributed by atoms with Crippen LogP contribution in [0, 0.1) is 5.82 Å². The third kappa shape index (κ3) is 2.04. The molecule has 18 heavy (non-hydrogen) atoms. The molecule has 1 N–H and O–H groups in total. The predicted octanol–water partition coefficient (Wildman–Crippen LogP) is 2.31. The van der Waals surface area contributed by atoms with E-state index in [2.05, 4.69) is 15.2 Å². The van der Waals surface area contributed by atoms with Gasteiger partial charge in [-0.1, -0.05) is 5.16 Å². The lowest BCUT2D eigenvalue weighted by Crippen LogP contribution is -2.05. The molecule has 0 amide bonds. The van der Waals surface area contributed by atoms with E-state index in [1.54, 1.807) is 7.05 Å². The van der Waals surface area contributed by atoms with Gasteiger partial charge in [0.2, 0.25) is 5.88 Å². The number of ether oxygens (including phenoxy) is 1. The fourth-order valence-corrected chi connectivity index (χ4v) is 1.56. The Hall–Kier alpha value is -2.37. The van der Waals surface area contributed by atoms with E-state index in [4.69, 9.17) is 4.52 Å². The third-order valence-corrected chi connectivity index (χ3v) is 2.43. The van der Waals surface area contributed by atoms with E-state index in [0.29, 0.717) is 11.3 Å². The van der Waals surface area contributed by atoms with E-state index in [9.17, 15) is 9.18 Å². The molecule has 0 fully saturated rings. The van der Waals surface area contributed by atoms with Crippen molar-refractivity contribution in [1.82, 2.24) is 5.16 Å². The number of rotatable bonds is 3. The number of nitrogens with zero attached hydrogens (tertiary/aromatic N) is 1. The number of methoxy groups -OCH3 is 1. The molecule has 0 unspecified atom stereocenters. The van der Waals surface area contributed by atoms with E-state index in [-0.39, 0.29) is 17.3 Å². The maximum atomic E-state index is 12.9. The zero-order valence-electron chi connectivity index (χ0n) is 9.86. The first-order chi connectivity index (χ1) is 8.67.